The number of Topliss-reactive ketones (excluding diaryl/α,β-unsaturated/α-hetero) is 2. The zero-order valence-corrected chi connectivity index (χ0v) is 83.1. The van der Waals surface area contributed by atoms with E-state index in [9.17, 15) is 88.2 Å². The van der Waals surface area contributed by atoms with Crippen molar-refractivity contribution in [1.82, 2.24) is 20.4 Å². The number of imide groups is 2. The quantitative estimate of drug-likeness (QED) is 0.00871. The number of aliphatic hydroxyl groups is 6. The van der Waals surface area contributed by atoms with Gasteiger partial charge in [0.1, 0.15) is 83.3 Å². The molecule has 772 valence electrons. The lowest BCUT2D eigenvalue weighted by atomic mass is 9.44. The highest BCUT2D eigenvalue weighted by Crippen LogP contribution is 2.67. The van der Waals surface area contributed by atoms with E-state index in [2.05, 4.69) is 10.6 Å². The van der Waals surface area contributed by atoms with Crippen molar-refractivity contribution in [1.29, 1.82) is 0 Å². The Labute approximate surface area is 826 Å². The number of benzene rings is 4. The number of esters is 8. The Hall–Kier alpha value is -12.3. The first-order valence-corrected chi connectivity index (χ1v) is 48.0. The van der Waals surface area contributed by atoms with Crippen LogP contribution in [0.2, 0.25) is 0 Å². The second-order valence-electron chi connectivity index (χ2n) is 42.1. The summed E-state index contributed by atoms with van der Waals surface area (Å²) in [5.74, 6) is -15.1. The number of ether oxygens (including phenoxy) is 12. The Bertz CT molecular complexity index is 5690. The van der Waals surface area contributed by atoms with Gasteiger partial charge in [-0.05, 0) is 153 Å². The summed E-state index contributed by atoms with van der Waals surface area (Å²) >= 11 is 0. The number of fused-ring (bicyclic) bond motifs is 10. The van der Waals surface area contributed by atoms with Crippen LogP contribution in [0.25, 0.3) is 0 Å². The molecule has 4 saturated carbocycles. The van der Waals surface area contributed by atoms with Gasteiger partial charge in [0.15, 0.2) is 22.8 Å². The fourth-order valence-electron chi connectivity index (χ4n) is 22.5. The van der Waals surface area contributed by atoms with Crippen LogP contribution in [-0.2, 0) is 114 Å². The summed E-state index contributed by atoms with van der Waals surface area (Å²) in [7, 11) is 0. The minimum atomic E-state index is -2.46. The fourth-order valence-corrected chi connectivity index (χ4v) is 22.5. The molecule has 7 fully saturated rings. The molecule has 0 radical (unpaired) electrons. The molecule has 4 heterocycles. The number of aliphatic hydroxyl groups excluding tert-OH is 4. The van der Waals surface area contributed by atoms with Crippen LogP contribution in [0.1, 0.15) is 232 Å². The van der Waals surface area contributed by atoms with Gasteiger partial charge in [0, 0.05) is 101 Å². The van der Waals surface area contributed by atoms with E-state index in [0.29, 0.717) is 0 Å². The highest BCUT2D eigenvalue weighted by molar-refractivity contribution is 6.13. The average molecular weight is 1990 g/mol. The Morgan fingerprint density at radius 3 is 1.14 bits per heavy atom. The molecule has 8 N–H and O–H groups in total. The Morgan fingerprint density at radius 2 is 0.825 bits per heavy atom. The third kappa shape index (κ3) is 20.8. The monoisotopic (exact) mass is 1990 g/mol. The van der Waals surface area contributed by atoms with Crippen LogP contribution in [0, 0.1) is 39.4 Å². The van der Waals surface area contributed by atoms with Crippen LogP contribution in [0.3, 0.4) is 0 Å². The molecule has 38 heteroatoms. The maximum atomic E-state index is 15.2. The molecule has 10 aliphatic rings. The number of nitrogens with zero attached hydrogens (tertiary/aromatic N) is 2. The molecule has 0 spiro atoms. The topological polar surface area (TPSA) is 536 Å². The summed E-state index contributed by atoms with van der Waals surface area (Å²) in [5.41, 5.74) is -17.6. The number of nitrogens with one attached hydrogen (secondary N) is 2. The molecular formula is C105H128N4O34. The predicted octanol–water partition coefficient (Wildman–Crippen LogP) is 8.28. The molecule has 4 bridgehead atoms. The summed E-state index contributed by atoms with van der Waals surface area (Å²) in [5, 5.41) is 81.7. The fraction of sp³-hybridized carbons (Fsp3) is 0.562. The van der Waals surface area contributed by atoms with E-state index in [1.807, 2.05) is 0 Å². The number of ketones is 2. The molecule has 4 aliphatic heterocycles. The van der Waals surface area contributed by atoms with Gasteiger partial charge in [0.2, 0.25) is 24.0 Å². The molecule has 14 rings (SSSR count). The first kappa shape index (κ1) is 108. The lowest BCUT2D eigenvalue weighted by molar-refractivity contribution is -0.346. The summed E-state index contributed by atoms with van der Waals surface area (Å²) in [6.45, 7) is 24.8. The van der Waals surface area contributed by atoms with E-state index in [0.717, 1.165) is 35.8 Å². The minimum Gasteiger partial charge on any atom is -0.455 e. The van der Waals surface area contributed by atoms with Crippen LogP contribution in [-0.4, -0.2) is 269 Å². The summed E-state index contributed by atoms with van der Waals surface area (Å²) < 4.78 is 72.2. The second-order valence-corrected chi connectivity index (χ2v) is 42.1. The van der Waals surface area contributed by atoms with Crippen molar-refractivity contribution >= 4 is 95.1 Å². The zero-order valence-electron chi connectivity index (χ0n) is 83.1. The van der Waals surface area contributed by atoms with Crippen LogP contribution >= 0.6 is 0 Å². The maximum absolute atomic E-state index is 15.2. The van der Waals surface area contributed by atoms with E-state index in [1.54, 1.807) is 146 Å². The number of unbranched alkanes of at least 4 members (excludes halogenated alkanes) is 2. The molecule has 6 aliphatic carbocycles. The van der Waals surface area contributed by atoms with E-state index < -0.39 is 255 Å². The lowest BCUT2D eigenvalue weighted by Gasteiger charge is -2.67. The van der Waals surface area contributed by atoms with E-state index >= 15 is 19.2 Å². The molecule has 4 aromatic rings. The van der Waals surface area contributed by atoms with Crippen LogP contribution in [0.5, 0.6) is 0 Å². The van der Waals surface area contributed by atoms with E-state index in [4.69, 9.17) is 56.8 Å². The normalized spacial score (nSPS) is 31.1. The number of amides is 6. The predicted molar refractivity (Wildman–Crippen MR) is 499 cm³/mol. The molecule has 143 heavy (non-hydrogen) atoms. The number of rotatable bonds is 28. The van der Waals surface area contributed by atoms with Crippen molar-refractivity contribution in [3.63, 3.8) is 0 Å². The van der Waals surface area contributed by atoms with Crippen LogP contribution < -0.4 is 10.6 Å². The number of carbonyl (C=O) groups excluding carboxylic acids is 16. The maximum Gasteiger partial charge on any atom is 0.408 e. The van der Waals surface area contributed by atoms with Crippen molar-refractivity contribution in [2.45, 2.75) is 307 Å². The second kappa shape index (κ2) is 41.4. The highest BCUT2D eigenvalue weighted by atomic mass is 16.7. The van der Waals surface area contributed by atoms with Crippen molar-refractivity contribution in [2.75, 3.05) is 26.3 Å². The van der Waals surface area contributed by atoms with Crippen LogP contribution in [0.15, 0.2) is 156 Å². The van der Waals surface area contributed by atoms with Gasteiger partial charge in [0.25, 0.3) is 11.8 Å². The number of hydrogen-bond acceptors (Lipinski definition) is 34. The summed E-state index contributed by atoms with van der Waals surface area (Å²) in [4.78, 5) is 222. The van der Waals surface area contributed by atoms with Gasteiger partial charge in [-0.15, -0.1) is 0 Å². The number of alkyl carbamates (subject to hydrolysis) is 2. The molecular weight excluding hydrogens is 1860 g/mol. The van der Waals surface area contributed by atoms with Gasteiger partial charge in [-0.25, -0.2) is 28.8 Å². The SMILES string of the molecule is CC(=O)O[C@@]12COC1C[C@H](O)C1(C)C(=O)[C@H](O)C3=C(C)[C@@H](OC(=O)[C@H](OC(=O)CCCCN4C(=O)C=CC4=O)[C@@H](NC(=O)OC(C)(C)C)c4ccccc4)C[C@@](O)([C@@H](OC(=O)c4ccccc4)C12)C3(C)C.CC(=O)O[C@@]12COC1C[C@H](O)C1(C)C(=O)[C@H](O)C3=C(C)[C@@H](OC(=O)[C@H](OC(=O)CCCCN4C(=O)CC(C)C4=O)[C@@H](NC(=O)OC(C)(C)C)c4ccccc4)C[C@@](O)([C@@H](OC(=O)c4ccccc4)C12)C3(C)C. The molecule has 4 aromatic carbocycles. The Kier molecular flexibility index (Phi) is 31.3. The third-order valence-corrected chi connectivity index (χ3v) is 30.0. The summed E-state index contributed by atoms with van der Waals surface area (Å²) in [6, 6.07) is 28.7. The number of carbonyl (C=O) groups is 16. The van der Waals surface area contributed by atoms with Crippen molar-refractivity contribution in [2.24, 2.45) is 39.4 Å². The van der Waals surface area contributed by atoms with Gasteiger partial charge in [-0.2, -0.15) is 0 Å². The molecule has 7 unspecified atom stereocenters. The van der Waals surface area contributed by atoms with Crippen molar-refractivity contribution < 1.29 is 164 Å². The van der Waals surface area contributed by atoms with Gasteiger partial charge < -0.3 is 98.1 Å². The standard InChI is InChI=1S/C53H66N2O17.C52H62N2O17/c1-28-24-36(58)55(45(28)62)23-17-16-22-37(59)69-41(39(31-18-12-10-13-19-31)54-48(65)72-49(4,5)6)47(64)68-33-26-53(66)44(70-46(63)32-20-14-11-15-21-32)42-51(9,43(61)40(60)38(29(33)2)50(53,7)8)34(57)25-35-52(42,27-67-35)71-30(3)56;1-28-32(67-46(63)41(68-37(59)21-15-16-24-54-35(57)22-23-36(54)58)39(30-17-11-9-12-18-30)53-47(64)71-48(3,4)5)26-52(65)44(69-45(62)31-19-13-10-14-20-31)42-50(8,43(61)40(60)38(28)49(52,6)7)33(56)25-34-51(42,27-66-34)70-29(2)55/h10-15,18-21,28,33-35,39-42,44,57,60,66H,16-17,22-27H2,1-9H3,(H,54,65);9-14,17-20,22-23,32-34,39-42,44,56,60,65H,15-16,21,24-27H2,1-8H3,(H,53,64)/t28?,33-,34-,35?,39-,40+,41+,42?,44-,51?,52-,53+;32-,33-,34?,39-,40+,41+,42?,44-,50?,51-,52+/m00/s1. The first-order valence-electron chi connectivity index (χ1n) is 48.0. The molecule has 38 nitrogen and oxygen atoms in total. The highest BCUT2D eigenvalue weighted by Gasteiger charge is 2.81. The molecule has 23 atom stereocenters. The smallest absolute Gasteiger partial charge is 0.408 e. The van der Waals surface area contributed by atoms with Crippen molar-refractivity contribution in [3.8, 4) is 0 Å². The minimum absolute atomic E-state index is 0.00972. The first-order chi connectivity index (χ1) is 66.9. The Morgan fingerprint density at radius 1 is 0.483 bits per heavy atom. The lowest BCUT2D eigenvalue weighted by Crippen LogP contribution is -2.81. The van der Waals surface area contributed by atoms with Gasteiger partial charge in [-0.3, -0.25) is 57.7 Å². The Balaban J connectivity index is 0.000000240. The van der Waals surface area contributed by atoms with Gasteiger partial charge >= 0.3 is 59.9 Å². The van der Waals surface area contributed by atoms with E-state index in [1.165, 1.54) is 79.7 Å². The van der Waals surface area contributed by atoms with Crippen molar-refractivity contribution in [3.05, 3.63) is 178 Å². The van der Waals surface area contributed by atoms with Gasteiger partial charge in [-0.1, -0.05) is 132 Å². The largest absolute Gasteiger partial charge is 0.455 e. The van der Waals surface area contributed by atoms with E-state index in [-0.39, 0.29) is 140 Å². The molecule has 0 aromatic heterocycles. The molecule has 3 saturated heterocycles. The molecule has 6 amide bonds. The van der Waals surface area contributed by atoms with Crippen LogP contribution in [0.4, 0.5) is 9.59 Å². The third-order valence-electron chi connectivity index (χ3n) is 30.0. The number of hydrogen-bond donors (Lipinski definition) is 8. The average Bonchev–Trinajstić information content (AvgIpc) is 0.926. The van der Waals surface area contributed by atoms with Gasteiger partial charge in [0.05, 0.1) is 59.2 Å². The zero-order chi connectivity index (χ0) is 105. The summed E-state index contributed by atoms with van der Waals surface area (Å²) in [6.07, 6.45) is -21.6. The number of likely N-dealkylation sites (tertiary alicyclic amines) is 1.